The smallest absolute Gasteiger partial charge is 0.191 e. The first-order valence-electron chi connectivity index (χ1n) is 8.41. The van der Waals surface area contributed by atoms with Gasteiger partial charge in [-0.05, 0) is 19.8 Å². The Morgan fingerprint density at radius 1 is 1.50 bits per heavy atom. The van der Waals surface area contributed by atoms with E-state index in [-0.39, 0.29) is 12.0 Å². The van der Waals surface area contributed by atoms with Gasteiger partial charge in [-0.1, -0.05) is 0 Å². The Balaban J connectivity index is 1.94. The standard InChI is InChI=1S/C16H29N5O2S/c1-4-17-14(18-9-13-10-24-15(20-13)21(2)3)19-11-16(5-7-22)6-8-23-12-16/h10,22H,4-9,11-12H2,1-3H3,(H2,17,18,19). The normalized spacial score (nSPS) is 21.1. The number of aliphatic hydroxyl groups is 1. The molecule has 0 radical (unpaired) electrons. The Kier molecular flexibility index (Phi) is 7.26. The summed E-state index contributed by atoms with van der Waals surface area (Å²) in [4.78, 5) is 11.2. The van der Waals surface area contributed by atoms with Crippen molar-refractivity contribution < 1.29 is 9.84 Å². The van der Waals surface area contributed by atoms with Crippen LogP contribution >= 0.6 is 11.3 Å². The van der Waals surface area contributed by atoms with Crippen LogP contribution in [0.4, 0.5) is 5.13 Å². The maximum absolute atomic E-state index is 9.32. The zero-order chi connectivity index (χ0) is 17.4. The number of aliphatic hydroxyl groups excluding tert-OH is 1. The predicted octanol–water partition coefficient (Wildman–Crippen LogP) is 1.05. The lowest BCUT2D eigenvalue weighted by Crippen LogP contribution is -2.44. The van der Waals surface area contributed by atoms with E-state index in [1.807, 2.05) is 31.3 Å². The van der Waals surface area contributed by atoms with Gasteiger partial charge < -0.3 is 25.4 Å². The maximum atomic E-state index is 9.32. The van der Waals surface area contributed by atoms with Crippen molar-refractivity contribution in [3.63, 3.8) is 0 Å². The molecule has 1 atom stereocenters. The number of thiazole rings is 1. The van der Waals surface area contributed by atoms with Gasteiger partial charge in [0.1, 0.15) is 0 Å². The molecule has 8 heteroatoms. The van der Waals surface area contributed by atoms with Crippen LogP contribution in [0.15, 0.2) is 10.4 Å². The van der Waals surface area contributed by atoms with Gasteiger partial charge in [-0.25, -0.2) is 9.98 Å². The van der Waals surface area contributed by atoms with Crippen molar-refractivity contribution in [2.75, 3.05) is 51.9 Å². The summed E-state index contributed by atoms with van der Waals surface area (Å²) in [5, 5.41) is 19.0. The number of hydrogen-bond donors (Lipinski definition) is 3. The molecule has 7 nitrogen and oxygen atoms in total. The summed E-state index contributed by atoms with van der Waals surface area (Å²) in [6.45, 7) is 5.79. The van der Waals surface area contributed by atoms with Gasteiger partial charge in [-0.15, -0.1) is 11.3 Å². The molecular weight excluding hydrogens is 326 g/mol. The van der Waals surface area contributed by atoms with E-state index in [0.717, 1.165) is 49.3 Å². The number of nitrogens with zero attached hydrogens (tertiary/aromatic N) is 3. The second-order valence-electron chi connectivity index (χ2n) is 6.34. The molecule has 1 aromatic heterocycles. The van der Waals surface area contributed by atoms with Crippen molar-refractivity contribution >= 4 is 22.4 Å². The van der Waals surface area contributed by atoms with Crippen LogP contribution < -0.4 is 15.5 Å². The number of aliphatic imine (C=N–C) groups is 1. The molecule has 0 bridgehead atoms. The van der Waals surface area contributed by atoms with Crippen molar-refractivity contribution in [2.24, 2.45) is 10.4 Å². The first-order chi connectivity index (χ1) is 11.6. The van der Waals surface area contributed by atoms with E-state index in [9.17, 15) is 5.11 Å². The molecule has 0 spiro atoms. The third kappa shape index (κ3) is 5.32. The SMILES string of the molecule is CCNC(=NCc1csc(N(C)C)n1)NCC1(CCO)CCOC1. The minimum Gasteiger partial charge on any atom is -0.396 e. The Morgan fingerprint density at radius 3 is 2.92 bits per heavy atom. The van der Waals surface area contributed by atoms with Gasteiger partial charge in [0.2, 0.25) is 0 Å². The van der Waals surface area contributed by atoms with Gasteiger partial charge in [0.25, 0.3) is 0 Å². The number of rotatable bonds is 8. The highest BCUT2D eigenvalue weighted by atomic mass is 32.1. The fourth-order valence-electron chi connectivity index (χ4n) is 2.66. The van der Waals surface area contributed by atoms with E-state index in [1.165, 1.54) is 0 Å². The van der Waals surface area contributed by atoms with Crippen LogP contribution in [-0.4, -0.2) is 63.1 Å². The molecule has 0 aliphatic carbocycles. The minimum atomic E-state index is 0.00364. The molecule has 1 aliphatic heterocycles. The van der Waals surface area contributed by atoms with Gasteiger partial charge in [-0.3, -0.25) is 0 Å². The van der Waals surface area contributed by atoms with Crippen molar-refractivity contribution in [3.8, 4) is 0 Å². The molecular formula is C16H29N5O2S. The highest BCUT2D eigenvalue weighted by Gasteiger charge is 2.34. The molecule has 2 rings (SSSR count). The Labute approximate surface area is 148 Å². The van der Waals surface area contributed by atoms with Crippen LogP contribution in [0.1, 0.15) is 25.5 Å². The van der Waals surface area contributed by atoms with Gasteiger partial charge in [0, 0.05) is 51.2 Å². The first-order valence-corrected chi connectivity index (χ1v) is 9.29. The molecule has 0 aromatic carbocycles. The van der Waals surface area contributed by atoms with Crippen LogP contribution in [0.5, 0.6) is 0 Å². The topological polar surface area (TPSA) is 82.0 Å². The van der Waals surface area contributed by atoms with Crippen LogP contribution in [0.3, 0.4) is 0 Å². The molecule has 1 fully saturated rings. The number of hydrogen-bond acceptors (Lipinski definition) is 6. The summed E-state index contributed by atoms with van der Waals surface area (Å²) in [6, 6.07) is 0. The fourth-order valence-corrected chi connectivity index (χ4v) is 3.41. The van der Waals surface area contributed by atoms with Crippen LogP contribution in [-0.2, 0) is 11.3 Å². The molecule has 1 aromatic rings. The quantitative estimate of drug-likeness (QED) is 0.478. The molecule has 3 N–H and O–H groups in total. The van der Waals surface area contributed by atoms with Crippen molar-refractivity contribution in [2.45, 2.75) is 26.3 Å². The average molecular weight is 356 g/mol. The second kappa shape index (κ2) is 9.19. The van der Waals surface area contributed by atoms with E-state index < -0.39 is 0 Å². The van der Waals surface area contributed by atoms with E-state index >= 15 is 0 Å². The zero-order valence-electron chi connectivity index (χ0n) is 14.8. The van der Waals surface area contributed by atoms with Crippen LogP contribution in [0.2, 0.25) is 0 Å². The molecule has 0 saturated carbocycles. The third-order valence-electron chi connectivity index (χ3n) is 4.12. The predicted molar refractivity (Wildman–Crippen MR) is 98.8 cm³/mol. The highest BCUT2D eigenvalue weighted by Crippen LogP contribution is 2.31. The lowest BCUT2D eigenvalue weighted by Gasteiger charge is -2.27. The molecule has 1 saturated heterocycles. The summed E-state index contributed by atoms with van der Waals surface area (Å²) < 4.78 is 5.54. The third-order valence-corrected chi connectivity index (χ3v) is 5.18. The first kappa shape index (κ1) is 19.0. The fraction of sp³-hybridized carbons (Fsp3) is 0.750. The Hall–Kier alpha value is -1.38. The van der Waals surface area contributed by atoms with Gasteiger partial charge >= 0.3 is 0 Å². The van der Waals surface area contributed by atoms with Crippen molar-refractivity contribution in [1.29, 1.82) is 0 Å². The van der Waals surface area contributed by atoms with E-state index in [4.69, 9.17) is 4.74 Å². The minimum absolute atomic E-state index is 0.00364. The summed E-state index contributed by atoms with van der Waals surface area (Å²) in [5.41, 5.74) is 0.971. The summed E-state index contributed by atoms with van der Waals surface area (Å²) in [7, 11) is 3.98. The largest absolute Gasteiger partial charge is 0.396 e. The van der Waals surface area contributed by atoms with Gasteiger partial charge in [0.05, 0.1) is 18.8 Å². The van der Waals surface area contributed by atoms with Crippen LogP contribution in [0.25, 0.3) is 0 Å². The second-order valence-corrected chi connectivity index (χ2v) is 7.18. The molecule has 1 aliphatic rings. The lowest BCUT2D eigenvalue weighted by atomic mass is 9.84. The van der Waals surface area contributed by atoms with Crippen molar-refractivity contribution in [3.05, 3.63) is 11.1 Å². The Bertz CT molecular complexity index is 526. The number of nitrogens with one attached hydrogen (secondary N) is 2. The Morgan fingerprint density at radius 2 is 2.33 bits per heavy atom. The summed E-state index contributed by atoms with van der Waals surface area (Å²) in [5.74, 6) is 0.779. The van der Waals surface area contributed by atoms with Crippen molar-refractivity contribution in [1.82, 2.24) is 15.6 Å². The highest BCUT2D eigenvalue weighted by molar-refractivity contribution is 7.13. The summed E-state index contributed by atoms with van der Waals surface area (Å²) >= 11 is 1.62. The number of aromatic nitrogens is 1. The van der Waals surface area contributed by atoms with E-state index in [1.54, 1.807) is 11.3 Å². The molecule has 2 heterocycles. The number of anilines is 1. The van der Waals surface area contributed by atoms with Gasteiger partial charge in [-0.2, -0.15) is 0 Å². The maximum Gasteiger partial charge on any atom is 0.191 e. The molecule has 1 unspecified atom stereocenters. The zero-order valence-corrected chi connectivity index (χ0v) is 15.7. The summed E-state index contributed by atoms with van der Waals surface area (Å²) in [6.07, 6.45) is 1.72. The molecule has 136 valence electrons. The lowest BCUT2D eigenvalue weighted by molar-refractivity contribution is 0.127. The average Bonchev–Trinajstić information content (AvgIpc) is 3.20. The number of guanidine groups is 1. The van der Waals surface area contributed by atoms with E-state index in [0.29, 0.717) is 13.2 Å². The van der Waals surface area contributed by atoms with Crippen LogP contribution in [0, 0.1) is 5.41 Å². The number of ether oxygens (including phenoxy) is 1. The van der Waals surface area contributed by atoms with Gasteiger partial charge in [0.15, 0.2) is 11.1 Å². The van der Waals surface area contributed by atoms with E-state index in [2.05, 4.69) is 20.6 Å². The molecule has 0 amide bonds. The molecule has 24 heavy (non-hydrogen) atoms. The monoisotopic (exact) mass is 355 g/mol.